The van der Waals surface area contributed by atoms with Crippen LogP contribution in [0.1, 0.15) is 41.0 Å². The Labute approximate surface area is 143 Å². The minimum absolute atomic E-state index is 0.0609. The first-order valence-electron chi connectivity index (χ1n) is 8.12. The summed E-state index contributed by atoms with van der Waals surface area (Å²) in [6.07, 6.45) is 0.469. The first kappa shape index (κ1) is 18.3. The van der Waals surface area contributed by atoms with Gasteiger partial charge in [-0.25, -0.2) is 4.98 Å². The zero-order valence-electron chi connectivity index (χ0n) is 15.4. The van der Waals surface area contributed by atoms with Gasteiger partial charge in [0, 0.05) is 19.2 Å². The van der Waals surface area contributed by atoms with Crippen LogP contribution in [0.3, 0.4) is 0 Å². The molecular formula is C18H28N4O2. The van der Waals surface area contributed by atoms with Gasteiger partial charge >= 0.3 is 0 Å². The summed E-state index contributed by atoms with van der Waals surface area (Å²) in [5.74, 6) is 0.415. The highest BCUT2D eigenvalue weighted by Crippen LogP contribution is 2.27. The molecule has 0 aliphatic rings. The van der Waals surface area contributed by atoms with Crippen molar-refractivity contribution < 1.29 is 9.90 Å². The normalized spacial score (nSPS) is 12.6. The van der Waals surface area contributed by atoms with Gasteiger partial charge < -0.3 is 20.3 Å². The van der Waals surface area contributed by atoms with Crippen LogP contribution in [0.2, 0.25) is 0 Å². The van der Waals surface area contributed by atoms with E-state index in [2.05, 4.69) is 4.98 Å². The lowest BCUT2D eigenvalue weighted by atomic mass is 9.91. The third-order valence-corrected chi connectivity index (χ3v) is 3.75. The van der Waals surface area contributed by atoms with Gasteiger partial charge in [-0.05, 0) is 37.5 Å². The van der Waals surface area contributed by atoms with E-state index in [1.165, 1.54) is 0 Å². The van der Waals surface area contributed by atoms with E-state index >= 15 is 0 Å². The number of nitrogen functional groups attached to an aromatic ring is 1. The number of fused-ring (bicyclic) bond motifs is 1. The zero-order chi connectivity index (χ0) is 18.3. The van der Waals surface area contributed by atoms with Gasteiger partial charge in [0.15, 0.2) is 0 Å². The molecule has 0 spiro atoms. The molecule has 0 saturated heterocycles. The molecule has 2 rings (SSSR count). The number of hydrogen-bond donors (Lipinski definition) is 2. The lowest BCUT2D eigenvalue weighted by Crippen LogP contribution is -2.29. The molecule has 6 nitrogen and oxygen atoms in total. The summed E-state index contributed by atoms with van der Waals surface area (Å²) in [6.45, 7) is 9.94. The summed E-state index contributed by atoms with van der Waals surface area (Å²) in [4.78, 5) is 18.4. The number of carbonyl (C=O) groups is 1. The fourth-order valence-corrected chi connectivity index (χ4v) is 2.61. The Balaban J connectivity index is 2.34. The second-order valence-corrected chi connectivity index (χ2v) is 8.23. The largest absolute Gasteiger partial charge is 0.389 e. The van der Waals surface area contributed by atoms with Crippen LogP contribution in [0.4, 0.5) is 11.6 Å². The number of rotatable bonds is 4. The van der Waals surface area contributed by atoms with Crippen molar-refractivity contribution in [1.82, 2.24) is 9.55 Å². The lowest BCUT2D eigenvalue weighted by molar-refractivity contribution is -0.120. The number of amides is 1. The van der Waals surface area contributed by atoms with Crippen molar-refractivity contribution in [3.8, 4) is 0 Å². The SMILES string of the molecule is CN(C(=O)CC(C)(C)C)c1ccc2c(c1)nc(N)n2CC(C)(C)O. The van der Waals surface area contributed by atoms with Gasteiger partial charge in [0.25, 0.3) is 0 Å². The smallest absolute Gasteiger partial charge is 0.227 e. The molecule has 0 fully saturated rings. The van der Waals surface area contributed by atoms with Crippen LogP contribution >= 0.6 is 0 Å². The summed E-state index contributed by atoms with van der Waals surface area (Å²) in [6, 6.07) is 5.62. The van der Waals surface area contributed by atoms with Crippen molar-refractivity contribution in [3.63, 3.8) is 0 Å². The average molecular weight is 332 g/mol. The number of hydrogen-bond acceptors (Lipinski definition) is 4. The fourth-order valence-electron chi connectivity index (χ4n) is 2.61. The first-order chi connectivity index (χ1) is 10.9. The topological polar surface area (TPSA) is 84.4 Å². The highest BCUT2D eigenvalue weighted by molar-refractivity contribution is 5.95. The van der Waals surface area contributed by atoms with Gasteiger partial charge in [0.1, 0.15) is 0 Å². The Bertz CT molecular complexity index is 751. The molecule has 3 N–H and O–H groups in total. The van der Waals surface area contributed by atoms with Crippen LogP contribution in [0.5, 0.6) is 0 Å². The van der Waals surface area contributed by atoms with Crippen molar-refractivity contribution in [2.24, 2.45) is 5.41 Å². The van der Waals surface area contributed by atoms with E-state index in [1.807, 2.05) is 39.0 Å². The Hall–Kier alpha value is -2.08. The van der Waals surface area contributed by atoms with Gasteiger partial charge in [-0.1, -0.05) is 20.8 Å². The first-order valence-corrected chi connectivity index (χ1v) is 8.12. The predicted molar refractivity (Wildman–Crippen MR) is 97.9 cm³/mol. The summed E-state index contributed by atoms with van der Waals surface area (Å²) < 4.78 is 1.79. The Kier molecular flexibility index (Phi) is 4.63. The molecule has 0 unspecified atom stereocenters. The fraction of sp³-hybridized carbons (Fsp3) is 0.556. The third-order valence-electron chi connectivity index (χ3n) is 3.75. The van der Waals surface area contributed by atoms with E-state index in [9.17, 15) is 9.90 Å². The van der Waals surface area contributed by atoms with E-state index < -0.39 is 5.60 Å². The van der Waals surface area contributed by atoms with Crippen molar-refractivity contribution in [3.05, 3.63) is 18.2 Å². The van der Waals surface area contributed by atoms with Crippen molar-refractivity contribution >= 4 is 28.6 Å². The van der Waals surface area contributed by atoms with Crippen LogP contribution in [0.25, 0.3) is 11.0 Å². The average Bonchev–Trinajstić information content (AvgIpc) is 2.69. The van der Waals surface area contributed by atoms with Gasteiger partial charge in [-0.3, -0.25) is 4.79 Å². The van der Waals surface area contributed by atoms with Gasteiger partial charge in [-0.2, -0.15) is 0 Å². The van der Waals surface area contributed by atoms with Gasteiger partial charge in [-0.15, -0.1) is 0 Å². The number of aliphatic hydroxyl groups is 1. The Morgan fingerprint density at radius 1 is 1.29 bits per heavy atom. The van der Waals surface area contributed by atoms with Crippen LogP contribution in [-0.2, 0) is 11.3 Å². The molecular weight excluding hydrogens is 304 g/mol. The van der Waals surface area contributed by atoms with Crippen molar-refractivity contribution in [2.75, 3.05) is 17.7 Å². The number of aromatic nitrogens is 2. The van der Waals surface area contributed by atoms with Gasteiger partial charge in [0.2, 0.25) is 11.9 Å². The highest BCUT2D eigenvalue weighted by Gasteiger charge is 2.21. The van der Waals surface area contributed by atoms with E-state index in [1.54, 1.807) is 30.4 Å². The molecule has 1 amide bonds. The van der Waals surface area contributed by atoms with Gasteiger partial charge in [0.05, 0.1) is 23.2 Å². The zero-order valence-corrected chi connectivity index (χ0v) is 15.4. The summed E-state index contributed by atoms with van der Waals surface area (Å²) in [5.41, 5.74) is 7.38. The molecule has 0 aliphatic carbocycles. The number of anilines is 2. The van der Waals surface area contributed by atoms with E-state index in [0.717, 1.165) is 11.2 Å². The lowest BCUT2D eigenvalue weighted by Gasteiger charge is -2.23. The number of imidazole rings is 1. The molecule has 24 heavy (non-hydrogen) atoms. The molecule has 6 heteroatoms. The molecule has 0 saturated carbocycles. The number of nitrogens with two attached hydrogens (primary N) is 1. The minimum Gasteiger partial charge on any atom is -0.389 e. The van der Waals surface area contributed by atoms with E-state index in [-0.39, 0.29) is 11.3 Å². The molecule has 2 aromatic rings. The van der Waals surface area contributed by atoms with Crippen LogP contribution in [0, 0.1) is 5.41 Å². The number of carbonyl (C=O) groups excluding carboxylic acids is 1. The highest BCUT2D eigenvalue weighted by atomic mass is 16.3. The van der Waals surface area contributed by atoms with E-state index in [0.29, 0.717) is 24.4 Å². The molecule has 1 aromatic heterocycles. The van der Waals surface area contributed by atoms with Crippen molar-refractivity contribution in [1.29, 1.82) is 0 Å². The molecule has 1 aromatic carbocycles. The maximum atomic E-state index is 12.4. The summed E-state index contributed by atoms with van der Waals surface area (Å²) in [7, 11) is 1.77. The molecule has 132 valence electrons. The number of nitrogens with zero attached hydrogens (tertiary/aromatic N) is 3. The monoisotopic (exact) mass is 332 g/mol. The Morgan fingerprint density at radius 2 is 1.92 bits per heavy atom. The maximum Gasteiger partial charge on any atom is 0.227 e. The molecule has 0 atom stereocenters. The van der Waals surface area contributed by atoms with Crippen molar-refractivity contribution in [2.45, 2.75) is 53.2 Å². The summed E-state index contributed by atoms with van der Waals surface area (Å²) >= 11 is 0. The standard InChI is InChI=1S/C18H28N4O2/c1-17(2,3)10-15(23)21(6)12-7-8-14-13(9-12)20-16(19)22(14)11-18(4,5)24/h7-9,24H,10-11H2,1-6H3,(H2,19,20). The maximum absolute atomic E-state index is 12.4. The van der Waals surface area contributed by atoms with Crippen LogP contribution < -0.4 is 10.6 Å². The second-order valence-electron chi connectivity index (χ2n) is 8.23. The quantitative estimate of drug-likeness (QED) is 0.901. The minimum atomic E-state index is -0.889. The second kappa shape index (κ2) is 6.09. The molecule has 1 heterocycles. The summed E-state index contributed by atoms with van der Waals surface area (Å²) in [5, 5.41) is 10.0. The molecule has 0 bridgehead atoms. The molecule has 0 radical (unpaired) electrons. The molecule has 0 aliphatic heterocycles. The van der Waals surface area contributed by atoms with Crippen LogP contribution in [0.15, 0.2) is 18.2 Å². The van der Waals surface area contributed by atoms with E-state index in [4.69, 9.17) is 5.73 Å². The third kappa shape index (κ3) is 4.26. The number of benzene rings is 1. The van der Waals surface area contributed by atoms with Crippen LogP contribution in [-0.4, -0.2) is 33.2 Å². The Morgan fingerprint density at radius 3 is 2.46 bits per heavy atom. The predicted octanol–water partition coefficient (Wildman–Crippen LogP) is 2.79.